The third kappa shape index (κ3) is 7.89. The molecule has 7 atom stereocenters. The Labute approximate surface area is 337 Å². The van der Waals surface area contributed by atoms with E-state index in [4.69, 9.17) is 0 Å². The lowest BCUT2D eigenvalue weighted by molar-refractivity contribution is -0.147. The summed E-state index contributed by atoms with van der Waals surface area (Å²) >= 11 is 0. The van der Waals surface area contributed by atoms with Crippen molar-refractivity contribution >= 4 is 40.1 Å². The number of carbonyl (C=O) groups is 5. The summed E-state index contributed by atoms with van der Waals surface area (Å²) in [7, 11) is 0.324. The average Bonchev–Trinajstić information content (AvgIpc) is 3.33. The van der Waals surface area contributed by atoms with Crippen LogP contribution in [0.15, 0.2) is 42.1 Å². The van der Waals surface area contributed by atoms with Gasteiger partial charge in [0.1, 0.15) is 16.0 Å². The second kappa shape index (κ2) is 16.7. The molecule has 4 saturated carbocycles. The summed E-state index contributed by atoms with van der Waals surface area (Å²) < 4.78 is 15.3. The number of pyridine rings is 1. The standard InChI is InChI=1S/C45H66N4O6S/c1-8-9-20-36(50)40(53)31(25-30-16-14-17-30)26-37(51)35-28-45(43(5,6)44(45)22-15-23-44)29-49(35)41(54)32(42(2,3)4)27-38(52)47-33-18-10-11-19-34(33)48(7)56(55)39-21-12-13-24-46-39/h8,12-13,21,24,30-35H,1,9-11,14-20,22-23,25-29H2,2-7H3,(H,47,52)/t31?,32-,33+,34+,35+,45-,56?/m1/s1. The SMILES string of the molecule is C=CCCC(=O)C(=O)C(CC(=O)[C@@H]1C[C@@]2(CN1C(=O)[C@@H](CC(=O)N[C@H]1CCCC[C@@H]1N(C)S(=O)c1ccccn1)C(C)(C)C)C(C)(C)C21CCC1)CC1CCC1. The van der Waals surface area contributed by atoms with Crippen LogP contribution in [0.1, 0.15) is 137 Å². The van der Waals surface area contributed by atoms with Crippen molar-refractivity contribution in [2.24, 2.45) is 39.4 Å². The van der Waals surface area contributed by atoms with Gasteiger partial charge in [-0.3, -0.25) is 24.0 Å². The van der Waals surface area contributed by atoms with Crippen molar-refractivity contribution in [1.29, 1.82) is 0 Å². The van der Waals surface area contributed by atoms with E-state index in [2.05, 4.69) is 30.7 Å². The Morgan fingerprint density at radius 3 is 2.30 bits per heavy atom. The molecular weight excluding hydrogens is 725 g/mol. The molecule has 11 heteroatoms. The van der Waals surface area contributed by atoms with E-state index in [1.165, 1.54) is 0 Å². The smallest absolute Gasteiger partial charge is 0.227 e. The summed E-state index contributed by atoms with van der Waals surface area (Å²) in [4.78, 5) is 76.5. The van der Waals surface area contributed by atoms with Crippen LogP contribution in [0.2, 0.25) is 0 Å². The summed E-state index contributed by atoms with van der Waals surface area (Å²) in [5.41, 5.74) is -0.745. The van der Waals surface area contributed by atoms with Crippen molar-refractivity contribution in [3.63, 3.8) is 0 Å². The third-order valence-electron chi connectivity index (χ3n) is 15.3. The maximum Gasteiger partial charge on any atom is 0.227 e. The minimum atomic E-state index is -1.49. The van der Waals surface area contributed by atoms with E-state index >= 15 is 4.79 Å². The number of likely N-dealkylation sites (N-methyl/N-ethyl adjacent to an activating group) is 1. The normalized spacial score (nSPS) is 28.2. The number of ketones is 3. The number of carbonyl (C=O) groups excluding carboxylic acids is 5. The summed E-state index contributed by atoms with van der Waals surface area (Å²) in [6.07, 6.45) is 14.6. The molecule has 1 aliphatic heterocycles. The molecule has 2 spiro atoms. The van der Waals surface area contributed by atoms with Gasteiger partial charge in [0.15, 0.2) is 11.6 Å². The molecule has 6 rings (SSSR count). The number of hydrogen-bond acceptors (Lipinski definition) is 7. The zero-order valence-electron chi connectivity index (χ0n) is 34.8. The van der Waals surface area contributed by atoms with Crippen LogP contribution >= 0.6 is 0 Å². The van der Waals surface area contributed by atoms with Crippen LogP contribution in [0, 0.1) is 39.4 Å². The van der Waals surface area contributed by atoms with Gasteiger partial charge in [0.2, 0.25) is 17.6 Å². The number of likely N-dealkylation sites (tertiary alicyclic amines) is 1. The van der Waals surface area contributed by atoms with Gasteiger partial charge in [-0.05, 0) is 79.2 Å². The summed E-state index contributed by atoms with van der Waals surface area (Å²) in [6.45, 7) is 14.7. The Bertz CT molecular complexity index is 1700. The molecular formula is C45H66N4O6S. The van der Waals surface area contributed by atoms with Crippen LogP contribution in [0.3, 0.4) is 0 Å². The lowest BCUT2D eigenvalue weighted by Gasteiger charge is -2.38. The molecule has 2 amide bonds. The largest absolute Gasteiger partial charge is 0.352 e. The predicted molar refractivity (Wildman–Crippen MR) is 217 cm³/mol. The summed E-state index contributed by atoms with van der Waals surface area (Å²) in [6, 6.07) is 4.25. The van der Waals surface area contributed by atoms with Crippen LogP contribution in [0.4, 0.5) is 0 Å². The maximum atomic E-state index is 15.1. The summed E-state index contributed by atoms with van der Waals surface area (Å²) in [5, 5.41) is 3.72. The number of nitrogens with zero attached hydrogens (tertiary/aromatic N) is 3. The van der Waals surface area contributed by atoms with Gasteiger partial charge in [0.05, 0.1) is 12.0 Å². The quantitative estimate of drug-likeness (QED) is 0.131. The highest BCUT2D eigenvalue weighted by Gasteiger charge is 2.85. The van der Waals surface area contributed by atoms with Gasteiger partial charge in [0.25, 0.3) is 0 Å². The number of nitrogens with one attached hydrogen (secondary N) is 1. The Hall–Kier alpha value is -3.05. The Morgan fingerprint density at radius 2 is 1.73 bits per heavy atom. The van der Waals surface area contributed by atoms with Crippen LogP contribution in [0.25, 0.3) is 0 Å². The molecule has 0 bridgehead atoms. The van der Waals surface area contributed by atoms with E-state index in [1.54, 1.807) is 29.3 Å². The van der Waals surface area contributed by atoms with Crippen molar-refractivity contribution in [3.05, 3.63) is 37.1 Å². The molecule has 4 aliphatic carbocycles. The van der Waals surface area contributed by atoms with E-state index in [0.29, 0.717) is 36.8 Å². The molecule has 5 aliphatic rings. The number of rotatable bonds is 17. The Balaban J connectivity index is 1.22. The van der Waals surface area contributed by atoms with E-state index in [-0.39, 0.29) is 65.2 Å². The van der Waals surface area contributed by atoms with Crippen molar-refractivity contribution in [2.75, 3.05) is 13.6 Å². The van der Waals surface area contributed by atoms with Crippen molar-refractivity contribution in [1.82, 2.24) is 19.5 Å². The van der Waals surface area contributed by atoms with Gasteiger partial charge < -0.3 is 10.2 Å². The van der Waals surface area contributed by atoms with Gasteiger partial charge in [0, 0.05) is 62.5 Å². The Morgan fingerprint density at radius 1 is 1.02 bits per heavy atom. The molecule has 2 unspecified atom stereocenters. The molecule has 56 heavy (non-hydrogen) atoms. The highest BCUT2D eigenvalue weighted by molar-refractivity contribution is 7.82. The van der Waals surface area contributed by atoms with Crippen molar-refractivity contribution in [2.45, 2.75) is 161 Å². The first kappa shape index (κ1) is 42.6. The molecule has 1 N–H and O–H groups in total. The van der Waals surface area contributed by atoms with Crippen molar-refractivity contribution in [3.8, 4) is 0 Å². The van der Waals surface area contributed by atoms with Crippen LogP contribution in [-0.2, 0) is 35.0 Å². The number of amides is 2. The number of hydrogen-bond donors (Lipinski definition) is 1. The minimum Gasteiger partial charge on any atom is -0.352 e. The van der Waals surface area contributed by atoms with Crippen LogP contribution in [-0.4, -0.2) is 79.3 Å². The molecule has 1 aromatic heterocycles. The van der Waals surface area contributed by atoms with Crippen LogP contribution in [0.5, 0.6) is 0 Å². The number of Topliss-reactive ketones (excluding diaryl/α,β-unsaturated/α-hetero) is 3. The topological polar surface area (TPSA) is 134 Å². The second-order valence-corrected chi connectivity index (χ2v) is 20.9. The fraction of sp³-hybridized carbons (Fsp3) is 0.733. The van der Waals surface area contributed by atoms with Crippen LogP contribution < -0.4 is 5.32 Å². The molecule has 1 aromatic rings. The van der Waals surface area contributed by atoms with Gasteiger partial charge in [-0.1, -0.05) is 85.3 Å². The minimum absolute atomic E-state index is 0.0296. The first-order valence-corrected chi connectivity index (χ1v) is 22.4. The fourth-order valence-corrected chi connectivity index (χ4v) is 12.5. The predicted octanol–water partition coefficient (Wildman–Crippen LogP) is 7.18. The lowest BCUT2D eigenvalue weighted by atomic mass is 9.72. The van der Waals surface area contributed by atoms with Gasteiger partial charge >= 0.3 is 0 Å². The van der Waals surface area contributed by atoms with E-state index in [0.717, 1.165) is 64.2 Å². The van der Waals surface area contributed by atoms with E-state index < -0.39 is 45.8 Å². The Kier molecular flexibility index (Phi) is 12.7. The molecule has 0 aromatic carbocycles. The monoisotopic (exact) mass is 790 g/mol. The lowest BCUT2D eigenvalue weighted by Crippen LogP contribution is -2.54. The first-order chi connectivity index (χ1) is 26.5. The second-order valence-electron chi connectivity index (χ2n) is 19.5. The van der Waals surface area contributed by atoms with Crippen molar-refractivity contribution < 1.29 is 28.2 Å². The van der Waals surface area contributed by atoms with E-state index in [1.807, 2.05) is 38.2 Å². The number of aromatic nitrogens is 1. The third-order valence-corrected chi connectivity index (χ3v) is 16.7. The van der Waals surface area contributed by atoms with Gasteiger partial charge in [-0.25, -0.2) is 13.5 Å². The van der Waals surface area contributed by atoms with E-state index in [9.17, 15) is 23.4 Å². The van der Waals surface area contributed by atoms with Gasteiger partial charge in [-0.2, -0.15) is 0 Å². The molecule has 10 nitrogen and oxygen atoms in total. The fourth-order valence-electron chi connectivity index (χ4n) is 11.3. The zero-order chi connectivity index (χ0) is 40.6. The zero-order valence-corrected chi connectivity index (χ0v) is 35.6. The number of allylic oxidation sites excluding steroid dienone is 1. The molecule has 0 radical (unpaired) electrons. The van der Waals surface area contributed by atoms with Gasteiger partial charge in [-0.15, -0.1) is 6.58 Å². The highest BCUT2D eigenvalue weighted by Crippen LogP contribution is 2.88. The molecule has 308 valence electrons. The molecule has 1 saturated heterocycles. The first-order valence-electron chi connectivity index (χ1n) is 21.3. The maximum absolute atomic E-state index is 15.1. The highest BCUT2D eigenvalue weighted by atomic mass is 32.2. The number of fused-ring (bicyclic) bond motifs is 1. The summed E-state index contributed by atoms with van der Waals surface area (Å²) in [5.74, 6) is -2.48. The average molecular weight is 791 g/mol. The molecule has 2 heterocycles. The molecule has 5 fully saturated rings.